The molecule has 1 saturated carbocycles. The summed E-state index contributed by atoms with van der Waals surface area (Å²) in [6.07, 6.45) is 8.10. The van der Waals surface area contributed by atoms with Crippen molar-refractivity contribution in [2.75, 3.05) is 16.8 Å². The third-order valence-electron chi connectivity index (χ3n) is 5.49. The van der Waals surface area contributed by atoms with Crippen molar-refractivity contribution in [3.8, 4) is 0 Å². The summed E-state index contributed by atoms with van der Waals surface area (Å²) in [5, 5.41) is 2.91. The Bertz CT molecular complexity index is 569. The number of nitrogens with zero attached hydrogens (tertiary/aromatic N) is 1. The van der Waals surface area contributed by atoms with Crippen LogP contribution in [0.4, 0.5) is 11.4 Å². The zero-order chi connectivity index (χ0) is 14.4. The van der Waals surface area contributed by atoms with E-state index in [1.807, 2.05) is 6.07 Å². The Labute approximate surface area is 125 Å². The van der Waals surface area contributed by atoms with Crippen molar-refractivity contribution in [2.45, 2.75) is 50.6 Å². The average Bonchev–Trinajstić information content (AvgIpc) is 2.81. The Morgan fingerprint density at radius 3 is 2.86 bits per heavy atom. The Morgan fingerprint density at radius 1 is 1.14 bits per heavy atom. The third-order valence-corrected chi connectivity index (χ3v) is 5.49. The molecule has 112 valence electrons. The smallest absolute Gasteiger partial charge is 0.245 e. The molecular weight excluding hydrogens is 262 g/mol. The van der Waals surface area contributed by atoms with Crippen LogP contribution in [0.2, 0.25) is 0 Å². The number of nitrogens with two attached hydrogens (primary N) is 1. The van der Waals surface area contributed by atoms with Gasteiger partial charge in [0.1, 0.15) is 6.04 Å². The van der Waals surface area contributed by atoms with E-state index in [0.717, 1.165) is 23.7 Å². The van der Waals surface area contributed by atoms with Gasteiger partial charge in [-0.05, 0) is 43.7 Å². The minimum absolute atomic E-state index is 0.0867. The van der Waals surface area contributed by atoms with Gasteiger partial charge in [-0.1, -0.05) is 18.9 Å². The van der Waals surface area contributed by atoms with Crippen LogP contribution in [-0.2, 0) is 4.79 Å². The molecule has 1 saturated heterocycles. The normalized spacial score (nSPS) is 31.6. The molecule has 3 N–H and O–H groups in total. The van der Waals surface area contributed by atoms with Crippen molar-refractivity contribution in [1.29, 1.82) is 0 Å². The van der Waals surface area contributed by atoms with Gasteiger partial charge in [0.2, 0.25) is 5.91 Å². The fourth-order valence-electron chi connectivity index (χ4n) is 4.40. The van der Waals surface area contributed by atoms with Crippen LogP contribution in [0.25, 0.3) is 0 Å². The van der Waals surface area contributed by atoms with Gasteiger partial charge >= 0.3 is 0 Å². The largest absolute Gasteiger partial charge is 0.368 e. The first-order valence-corrected chi connectivity index (χ1v) is 8.21. The molecule has 2 fully saturated rings. The standard InChI is InChI=1S/C17H23N3O/c18-16-13-8-7-12(10-14(13)19-17(16)21)20-9-3-5-11-4-1-2-6-15(11)20/h7-8,10-11,15-16H,1-6,9,18H2,(H,19,21)/t11-,15-,16?/m1/s1. The van der Waals surface area contributed by atoms with E-state index in [0.29, 0.717) is 6.04 Å². The van der Waals surface area contributed by atoms with Crippen LogP contribution < -0.4 is 16.0 Å². The second kappa shape index (κ2) is 5.02. The Hall–Kier alpha value is -1.55. The lowest BCUT2D eigenvalue weighted by molar-refractivity contribution is -0.116. The molecule has 4 nitrogen and oxygen atoms in total. The van der Waals surface area contributed by atoms with E-state index < -0.39 is 6.04 Å². The molecule has 21 heavy (non-hydrogen) atoms. The molecule has 1 aromatic carbocycles. The summed E-state index contributed by atoms with van der Waals surface area (Å²) in [5.74, 6) is 0.772. The maximum Gasteiger partial charge on any atom is 0.245 e. The molecule has 3 atom stereocenters. The molecule has 1 unspecified atom stereocenters. The number of carbonyl (C=O) groups is 1. The van der Waals surface area contributed by atoms with E-state index >= 15 is 0 Å². The van der Waals surface area contributed by atoms with E-state index in [1.54, 1.807) is 0 Å². The van der Waals surface area contributed by atoms with Gasteiger partial charge in [0.05, 0.1) is 0 Å². The van der Waals surface area contributed by atoms with Crippen LogP contribution >= 0.6 is 0 Å². The average molecular weight is 285 g/mol. The van der Waals surface area contributed by atoms with Gasteiger partial charge in [0.25, 0.3) is 0 Å². The second-order valence-corrected chi connectivity index (χ2v) is 6.69. The number of hydrogen-bond acceptors (Lipinski definition) is 3. The maximum absolute atomic E-state index is 11.7. The Balaban J connectivity index is 1.64. The fraction of sp³-hybridized carbons (Fsp3) is 0.588. The van der Waals surface area contributed by atoms with Crippen LogP contribution in [0, 0.1) is 5.92 Å². The summed E-state index contributed by atoms with van der Waals surface area (Å²) < 4.78 is 0. The van der Waals surface area contributed by atoms with Crippen LogP contribution in [-0.4, -0.2) is 18.5 Å². The maximum atomic E-state index is 11.7. The van der Waals surface area contributed by atoms with Crippen molar-refractivity contribution in [2.24, 2.45) is 11.7 Å². The minimum Gasteiger partial charge on any atom is -0.368 e. The number of hydrogen-bond donors (Lipinski definition) is 2. The number of fused-ring (bicyclic) bond motifs is 2. The highest BCUT2D eigenvalue weighted by atomic mass is 16.2. The first kappa shape index (κ1) is 13.1. The van der Waals surface area contributed by atoms with Gasteiger partial charge in [0.15, 0.2) is 0 Å². The van der Waals surface area contributed by atoms with Crippen molar-refractivity contribution < 1.29 is 4.79 Å². The molecule has 3 aliphatic rings. The van der Waals surface area contributed by atoms with Gasteiger partial charge in [-0.25, -0.2) is 0 Å². The van der Waals surface area contributed by atoms with Crippen molar-refractivity contribution in [3.63, 3.8) is 0 Å². The van der Waals surface area contributed by atoms with Crippen LogP contribution in [0.1, 0.15) is 50.1 Å². The quantitative estimate of drug-likeness (QED) is 0.834. The summed E-state index contributed by atoms with van der Waals surface area (Å²) in [7, 11) is 0. The van der Waals surface area contributed by atoms with Crippen molar-refractivity contribution in [3.05, 3.63) is 23.8 Å². The van der Waals surface area contributed by atoms with E-state index in [4.69, 9.17) is 5.73 Å². The molecule has 0 aromatic heterocycles. The highest BCUT2D eigenvalue weighted by Crippen LogP contribution is 2.40. The molecule has 0 bridgehead atoms. The number of carbonyl (C=O) groups excluding carboxylic acids is 1. The van der Waals surface area contributed by atoms with Crippen LogP contribution in [0.5, 0.6) is 0 Å². The summed E-state index contributed by atoms with van der Waals surface area (Å²) in [4.78, 5) is 14.3. The van der Waals surface area contributed by atoms with Gasteiger partial charge in [-0.3, -0.25) is 4.79 Å². The summed E-state index contributed by atoms with van der Waals surface area (Å²) >= 11 is 0. The van der Waals surface area contributed by atoms with E-state index in [1.165, 1.54) is 44.2 Å². The molecule has 2 heterocycles. The predicted octanol–water partition coefficient (Wildman–Crippen LogP) is 2.80. The number of rotatable bonds is 1. The number of amides is 1. The third kappa shape index (κ3) is 2.13. The van der Waals surface area contributed by atoms with Gasteiger partial charge in [0, 0.05) is 29.5 Å². The molecule has 0 spiro atoms. The topological polar surface area (TPSA) is 58.4 Å². The highest BCUT2D eigenvalue weighted by Gasteiger charge is 2.34. The zero-order valence-corrected chi connectivity index (χ0v) is 12.3. The Morgan fingerprint density at radius 2 is 1.95 bits per heavy atom. The minimum atomic E-state index is -0.502. The first-order chi connectivity index (χ1) is 10.2. The Kier molecular flexibility index (Phi) is 3.14. The SMILES string of the molecule is NC1C(=O)Nc2cc(N3CCC[C@H]4CCCC[C@H]43)ccc21. The monoisotopic (exact) mass is 285 g/mol. The molecule has 4 rings (SSSR count). The van der Waals surface area contributed by atoms with Gasteiger partial charge < -0.3 is 16.0 Å². The molecule has 1 aliphatic carbocycles. The van der Waals surface area contributed by atoms with Crippen LogP contribution in [0.15, 0.2) is 18.2 Å². The number of piperidine rings is 1. The molecule has 0 radical (unpaired) electrons. The second-order valence-electron chi connectivity index (χ2n) is 6.69. The van der Waals surface area contributed by atoms with Crippen molar-refractivity contribution >= 4 is 17.3 Å². The highest BCUT2D eigenvalue weighted by molar-refractivity contribution is 6.03. The fourth-order valence-corrected chi connectivity index (χ4v) is 4.40. The molecule has 2 aliphatic heterocycles. The summed E-state index contributed by atoms with van der Waals surface area (Å²) in [5.41, 5.74) is 8.99. The summed E-state index contributed by atoms with van der Waals surface area (Å²) in [6.45, 7) is 1.14. The predicted molar refractivity (Wildman–Crippen MR) is 84.3 cm³/mol. The zero-order valence-electron chi connectivity index (χ0n) is 12.3. The number of nitrogens with one attached hydrogen (secondary N) is 1. The lowest BCUT2D eigenvalue weighted by atomic mass is 9.78. The lowest BCUT2D eigenvalue weighted by Crippen LogP contribution is -2.46. The van der Waals surface area contributed by atoms with Crippen LogP contribution in [0.3, 0.4) is 0 Å². The van der Waals surface area contributed by atoms with Gasteiger partial charge in [-0.15, -0.1) is 0 Å². The van der Waals surface area contributed by atoms with E-state index in [-0.39, 0.29) is 5.91 Å². The van der Waals surface area contributed by atoms with Gasteiger partial charge in [-0.2, -0.15) is 0 Å². The number of anilines is 2. The molecule has 1 aromatic rings. The molecule has 4 heteroatoms. The molecular formula is C17H23N3O. The first-order valence-electron chi connectivity index (χ1n) is 8.21. The lowest BCUT2D eigenvalue weighted by Gasteiger charge is -2.45. The summed E-state index contributed by atoms with van der Waals surface area (Å²) in [6, 6.07) is 6.49. The molecule has 1 amide bonds. The van der Waals surface area contributed by atoms with E-state index in [2.05, 4.69) is 22.3 Å². The van der Waals surface area contributed by atoms with Crippen molar-refractivity contribution in [1.82, 2.24) is 0 Å². The van der Waals surface area contributed by atoms with E-state index in [9.17, 15) is 4.79 Å². The number of benzene rings is 1.